The number of halogens is 2. The molecule has 0 aliphatic carbocycles. The van der Waals surface area contributed by atoms with Gasteiger partial charge in [-0.3, -0.25) is 9.80 Å². The first-order chi connectivity index (χ1) is 10.7. The lowest BCUT2D eigenvalue weighted by molar-refractivity contribution is 0.122. The number of rotatable bonds is 4. The van der Waals surface area contributed by atoms with Gasteiger partial charge < -0.3 is 0 Å². The van der Waals surface area contributed by atoms with Gasteiger partial charge in [0.05, 0.1) is 0 Å². The van der Waals surface area contributed by atoms with E-state index < -0.39 is 0 Å². The van der Waals surface area contributed by atoms with Crippen molar-refractivity contribution < 1.29 is 4.39 Å². The Bertz CT molecular complexity index is 607. The standard InChI is InChI=1S/C18H20ClFN2/c19-17-6-4-15(5-7-17)13-21-8-10-22(11-9-21)14-16-2-1-3-18(20)12-16/h1-7,12H,8-11,13-14H2. The third kappa shape index (κ3) is 4.29. The Morgan fingerprint density at radius 1 is 0.818 bits per heavy atom. The first-order valence-electron chi connectivity index (χ1n) is 7.63. The van der Waals surface area contributed by atoms with Gasteiger partial charge in [-0.2, -0.15) is 0 Å². The molecule has 2 nitrogen and oxygen atoms in total. The maximum Gasteiger partial charge on any atom is 0.123 e. The average molecular weight is 319 g/mol. The third-order valence-corrected chi connectivity index (χ3v) is 4.33. The summed E-state index contributed by atoms with van der Waals surface area (Å²) < 4.78 is 13.2. The van der Waals surface area contributed by atoms with Crippen LogP contribution < -0.4 is 0 Å². The van der Waals surface area contributed by atoms with Crippen molar-refractivity contribution in [2.45, 2.75) is 13.1 Å². The molecule has 0 unspecified atom stereocenters. The van der Waals surface area contributed by atoms with Crippen molar-refractivity contribution in [3.05, 3.63) is 70.5 Å². The van der Waals surface area contributed by atoms with Crippen molar-refractivity contribution in [3.8, 4) is 0 Å². The van der Waals surface area contributed by atoms with E-state index in [0.717, 1.165) is 49.9 Å². The summed E-state index contributed by atoms with van der Waals surface area (Å²) in [5, 5.41) is 0.781. The van der Waals surface area contributed by atoms with E-state index in [2.05, 4.69) is 21.9 Å². The van der Waals surface area contributed by atoms with Gasteiger partial charge in [-0.05, 0) is 35.4 Å². The molecule has 116 valence electrons. The van der Waals surface area contributed by atoms with E-state index in [1.54, 1.807) is 12.1 Å². The van der Waals surface area contributed by atoms with Gasteiger partial charge in [0.2, 0.25) is 0 Å². The molecule has 1 fully saturated rings. The van der Waals surface area contributed by atoms with Crippen LogP contribution in [-0.2, 0) is 13.1 Å². The van der Waals surface area contributed by atoms with Gasteiger partial charge in [0, 0.05) is 44.3 Å². The lowest BCUT2D eigenvalue weighted by Crippen LogP contribution is -2.45. The van der Waals surface area contributed by atoms with Crippen LogP contribution in [0.4, 0.5) is 4.39 Å². The van der Waals surface area contributed by atoms with Crippen LogP contribution in [0.15, 0.2) is 48.5 Å². The number of benzene rings is 2. The molecule has 0 N–H and O–H groups in total. The normalized spacial score (nSPS) is 16.8. The fourth-order valence-corrected chi connectivity index (χ4v) is 2.97. The highest BCUT2D eigenvalue weighted by molar-refractivity contribution is 6.30. The Morgan fingerprint density at radius 3 is 2.00 bits per heavy atom. The maximum absolute atomic E-state index is 13.2. The SMILES string of the molecule is Fc1cccc(CN2CCN(Cc3ccc(Cl)cc3)CC2)c1. The Balaban J connectivity index is 1.49. The van der Waals surface area contributed by atoms with Crippen LogP contribution in [0.3, 0.4) is 0 Å². The molecule has 2 aromatic rings. The summed E-state index contributed by atoms with van der Waals surface area (Å²) in [6.45, 7) is 5.90. The molecule has 22 heavy (non-hydrogen) atoms. The highest BCUT2D eigenvalue weighted by Gasteiger charge is 2.17. The molecule has 0 aromatic heterocycles. The monoisotopic (exact) mass is 318 g/mol. The fourth-order valence-electron chi connectivity index (χ4n) is 2.85. The fraction of sp³-hybridized carbons (Fsp3) is 0.333. The predicted octanol–water partition coefficient (Wildman–Crippen LogP) is 3.80. The molecule has 2 aromatic carbocycles. The largest absolute Gasteiger partial charge is 0.297 e. The van der Waals surface area contributed by atoms with Crippen LogP contribution in [-0.4, -0.2) is 36.0 Å². The van der Waals surface area contributed by atoms with Gasteiger partial charge in [0.15, 0.2) is 0 Å². The smallest absolute Gasteiger partial charge is 0.123 e. The minimum Gasteiger partial charge on any atom is -0.297 e. The summed E-state index contributed by atoms with van der Waals surface area (Å²) in [4.78, 5) is 4.83. The summed E-state index contributed by atoms with van der Waals surface area (Å²) in [6, 6.07) is 14.9. The number of hydrogen-bond acceptors (Lipinski definition) is 2. The van der Waals surface area contributed by atoms with Crippen LogP contribution in [0.1, 0.15) is 11.1 Å². The van der Waals surface area contributed by atoms with Crippen molar-refractivity contribution in [1.82, 2.24) is 9.80 Å². The highest BCUT2D eigenvalue weighted by Crippen LogP contribution is 2.14. The maximum atomic E-state index is 13.2. The minimum absolute atomic E-state index is 0.154. The second-order valence-corrected chi connectivity index (χ2v) is 6.25. The summed E-state index contributed by atoms with van der Waals surface area (Å²) >= 11 is 5.91. The van der Waals surface area contributed by atoms with Crippen LogP contribution >= 0.6 is 11.6 Å². The zero-order chi connectivity index (χ0) is 15.4. The average Bonchev–Trinajstić information content (AvgIpc) is 2.52. The molecule has 4 heteroatoms. The van der Waals surface area contributed by atoms with Crippen molar-refractivity contribution in [2.75, 3.05) is 26.2 Å². The van der Waals surface area contributed by atoms with Crippen molar-refractivity contribution in [3.63, 3.8) is 0 Å². The van der Waals surface area contributed by atoms with E-state index in [1.807, 2.05) is 18.2 Å². The van der Waals surface area contributed by atoms with Gasteiger partial charge >= 0.3 is 0 Å². The van der Waals surface area contributed by atoms with Crippen LogP contribution in [0, 0.1) is 5.82 Å². The first kappa shape index (κ1) is 15.5. The van der Waals surface area contributed by atoms with Crippen LogP contribution in [0.25, 0.3) is 0 Å². The summed E-state index contributed by atoms with van der Waals surface area (Å²) in [7, 11) is 0. The Hall–Kier alpha value is -1.42. The predicted molar refractivity (Wildman–Crippen MR) is 88.4 cm³/mol. The van der Waals surface area contributed by atoms with Crippen molar-refractivity contribution in [2.24, 2.45) is 0 Å². The molecule has 0 bridgehead atoms. The van der Waals surface area contributed by atoms with Gasteiger partial charge in [0.25, 0.3) is 0 Å². The molecule has 0 radical (unpaired) electrons. The van der Waals surface area contributed by atoms with E-state index in [1.165, 1.54) is 11.6 Å². The molecule has 0 amide bonds. The molecular weight excluding hydrogens is 299 g/mol. The Kier molecular flexibility index (Phi) is 5.08. The lowest BCUT2D eigenvalue weighted by Gasteiger charge is -2.34. The molecular formula is C18H20ClFN2. The van der Waals surface area contributed by atoms with Crippen molar-refractivity contribution in [1.29, 1.82) is 0 Å². The molecule has 0 atom stereocenters. The van der Waals surface area contributed by atoms with Crippen molar-refractivity contribution >= 4 is 11.6 Å². The molecule has 1 saturated heterocycles. The third-order valence-electron chi connectivity index (χ3n) is 4.08. The molecule has 0 spiro atoms. The topological polar surface area (TPSA) is 6.48 Å². The quantitative estimate of drug-likeness (QED) is 0.846. The Morgan fingerprint density at radius 2 is 1.41 bits per heavy atom. The molecule has 0 saturated carbocycles. The lowest BCUT2D eigenvalue weighted by atomic mass is 10.1. The molecule has 1 aliphatic heterocycles. The summed E-state index contributed by atoms with van der Waals surface area (Å²) in [6.07, 6.45) is 0. The van der Waals surface area contributed by atoms with Gasteiger partial charge in [0.1, 0.15) is 5.82 Å². The zero-order valence-corrected chi connectivity index (χ0v) is 13.3. The highest BCUT2D eigenvalue weighted by atomic mass is 35.5. The van der Waals surface area contributed by atoms with Crippen LogP contribution in [0.5, 0.6) is 0 Å². The number of hydrogen-bond donors (Lipinski definition) is 0. The summed E-state index contributed by atoms with van der Waals surface area (Å²) in [5.74, 6) is -0.154. The van der Waals surface area contributed by atoms with Gasteiger partial charge in [-0.25, -0.2) is 4.39 Å². The van der Waals surface area contributed by atoms with Gasteiger partial charge in [-0.1, -0.05) is 35.9 Å². The second-order valence-electron chi connectivity index (χ2n) is 5.81. The van der Waals surface area contributed by atoms with E-state index >= 15 is 0 Å². The molecule has 1 heterocycles. The summed E-state index contributed by atoms with van der Waals surface area (Å²) in [5.41, 5.74) is 2.34. The zero-order valence-electron chi connectivity index (χ0n) is 12.5. The molecule has 1 aliphatic rings. The van der Waals surface area contributed by atoms with E-state index in [4.69, 9.17) is 11.6 Å². The number of nitrogens with zero attached hydrogens (tertiary/aromatic N) is 2. The first-order valence-corrected chi connectivity index (χ1v) is 8.00. The van der Waals surface area contributed by atoms with Gasteiger partial charge in [-0.15, -0.1) is 0 Å². The number of piperazine rings is 1. The molecule has 3 rings (SSSR count). The van der Waals surface area contributed by atoms with Crippen LogP contribution in [0.2, 0.25) is 5.02 Å². The van der Waals surface area contributed by atoms with E-state index in [9.17, 15) is 4.39 Å². The minimum atomic E-state index is -0.154. The van der Waals surface area contributed by atoms with E-state index in [-0.39, 0.29) is 5.82 Å². The van der Waals surface area contributed by atoms with E-state index in [0.29, 0.717) is 0 Å². The Labute approximate surface area is 136 Å². The second kappa shape index (κ2) is 7.23.